The van der Waals surface area contributed by atoms with Gasteiger partial charge in [-0.15, -0.1) is 0 Å². The Hall–Kier alpha value is -3.28. The molecule has 6 heteroatoms. The lowest BCUT2D eigenvalue weighted by Gasteiger charge is -2.09. The zero-order valence-corrected chi connectivity index (χ0v) is 15.4. The van der Waals surface area contributed by atoms with Gasteiger partial charge < -0.3 is 19.3 Å². The molecule has 27 heavy (non-hydrogen) atoms. The number of benzene rings is 2. The van der Waals surface area contributed by atoms with Crippen LogP contribution in [0.1, 0.15) is 18.9 Å². The van der Waals surface area contributed by atoms with Crippen LogP contribution in [0.3, 0.4) is 0 Å². The summed E-state index contributed by atoms with van der Waals surface area (Å²) >= 11 is 0. The van der Waals surface area contributed by atoms with Gasteiger partial charge >= 0.3 is 0 Å². The lowest BCUT2D eigenvalue weighted by atomic mass is 10.2. The van der Waals surface area contributed by atoms with Gasteiger partial charge in [-0.25, -0.2) is 4.98 Å². The Morgan fingerprint density at radius 3 is 2.52 bits per heavy atom. The van der Waals surface area contributed by atoms with Crippen LogP contribution in [0.5, 0.6) is 23.1 Å². The van der Waals surface area contributed by atoms with Crippen molar-refractivity contribution in [1.82, 2.24) is 9.97 Å². The van der Waals surface area contributed by atoms with Gasteiger partial charge in [-0.2, -0.15) is 4.98 Å². The molecule has 0 saturated carbocycles. The number of aromatic nitrogens is 2. The monoisotopic (exact) mass is 366 g/mol. The molecule has 0 unspecified atom stereocenters. The van der Waals surface area contributed by atoms with Crippen molar-refractivity contribution >= 4 is 0 Å². The van der Waals surface area contributed by atoms with Crippen LogP contribution < -0.4 is 14.2 Å². The zero-order valence-electron chi connectivity index (χ0n) is 15.4. The van der Waals surface area contributed by atoms with E-state index >= 15 is 0 Å². The summed E-state index contributed by atoms with van der Waals surface area (Å²) in [4.78, 5) is 8.71. The normalized spacial score (nSPS) is 10.4. The molecule has 0 aliphatic heterocycles. The number of nitrogens with zero attached hydrogens (tertiary/aromatic N) is 2. The highest BCUT2D eigenvalue weighted by Crippen LogP contribution is 2.28. The van der Waals surface area contributed by atoms with Gasteiger partial charge in [-0.05, 0) is 36.2 Å². The van der Waals surface area contributed by atoms with Crippen molar-refractivity contribution in [2.45, 2.75) is 20.0 Å². The first-order chi connectivity index (χ1) is 13.2. The molecule has 0 aliphatic carbocycles. The molecule has 0 saturated heterocycles. The van der Waals surface area contributed by atoms with Crippen LogP contribution in [-0.2, 0) is 6.61 Å². The molecule has 0 fully saturated rings. The number of rotatable bonds is 8. The fraction of sp³-hybridized carbons (Fsp3) is 0.238. The van der Waals surface area contributed by atoms with Crippen LogP contribution in [-0.4, -0.2) is 28.8 Å². The Morgan fingerprint density at radius 1 is 0.963 bits per heavy atom. The molecule has 0 bridgehead atoms. The Balaban J connectivity index is 1.73. The molecule has 0 radical (unpaired) electrons. The van der Waals surface area contributed by atoms with E-state index in [2.05, 4.69) is 9.97 Å². The molecular formula is C21H22N2O4. The van der Waals surface area contributed by atoms with Gasteiger partial charge in [0.15, 0.2) is 5.82 Å². The van der Waals surface area contributed by atoms with E-state index in [9.17, 15) is 5.11 Å². The topological polar surface area (TPSA) is 73.7 Å². The quantitative estimate of drug-likeness (QED) is 0.643. The van der Waals surface area contributed by atoms with Crippen molar-refractivity contribution in [3.8, 4) is 34.5 Å². The van der Waals surface area contributed by atoms with E-state index in [-0.39, 0.29) is 5.75 Å². The minimum atomic E-state index is 0.103. The molecule has 3 rings (SSSR count). The number of phenols is 1. The van der Waals surface area contributed by atoms with E-state index in [1.165, 1.54) is 0 Å². The average Bonchev–Trinajstić information content (AvgIpc) is 2.71. The van der Waals surface area contributed by atoms with Crippen LogP contribution in [0.25, 0.3) is 11.4 Å². The molecular weight excluding hydrogens is 344 g/mol. The summed E-state index contributed by atoms with van der Waals surface area (Å²) in [5, 5.41) is 9.94. The molecule has 0 spiro atoms. The molecule has 1 N–H and O–H groups in total. The molecule has 2 aromatic carbocycles. The smallest absolute Gasteiger partial charge is 0.217 e. The lowest BCUT2D eigenvalue weighted by molar-refractivity contribution is 0.293. The third-order valence-electron chi connectivity index (χ3n) is 3.80. The Labute approximate surface area is 158 Å². The minimum absolute atomic E-state index is 0.103. The third-order valence-corrected chi connectivity index (χ3v) is 3.80. The van der Waals surface area contributed by atoms with Crippen molar-refractivity contribution in [2.75, 3.05) is 13.7 Å². The van der Waals surface area contributed by atoms with Crippen molar-refractivity contribution in [1.29, 1.82) is 0 Å². The second-order valence-electron chi connectivity index (χ2n) is 5.92. The average molecular weight is 366 g/mol. The number of ether oxygens (including phenoxy) is 3. The maximum Gasteiger partial charge on any atom is 0.217 e. The highest BCUT2D eigenvalue weighted by atomic mass is 16.5. The van der Waals surface area contributed by atoms with Gasteiger partial charge in [0.25, 0.3) is 0 Å². The van der Waals surface area contributed by atoms with Crippen LogP contribution in [0.15, 0.2) is 54.7 Å². The van der Waals surface area contributed by atoms with Crippen molar-refractivity contribution < 1.29 is 19.3 Å². The third kappa shape index (κ3) is 5.10. The second kappa shape index (κ2) is 8.89. The first-order valence-corrected chi connectivity index (χ1v) is 8.74. The molecule has 0 aliphatic rings. The fourth-order valence-electron chi connectivity index (χ4n) is 2.46. The number of aromatic hydroxyl groups is 1. The molecule has 1 aromatic heterocycles. The number of methoxy groups -OCH3 is 1. The summed E-state index contributed by atoms with van der Waals surface area (Å²) in [6.45, 7) is 2.98. The van der Waals surface area contributed by atoms with Gasteiger partial charge in [0, 0.05) is 23.9 Å². The van der Waals surface area contributed by atoms with Gasteiger partial charge in [-0.1, -0.05) is 19.1 Å². The van der Waals surface area contributed by atoms with E-state index < -0.39 is 0 Å². The van der Waals surface area contributed by atoms with Crippen molar-refractivity contribution in [3.05, 3.63) is 60.3 Å². The predicted octanol–water partition coefficient (Wildman–Crippen LogP) is 4.23. The standard InChI is InChI=1S/C21H22N2O4/c1-3-10-26-19-12-16(11-17(24)13-19)21-22-9-8-20(23-21)27-14-15-4-6-18(25-2)7-5-15/h4-9,11-13,24H,3,10,14H2,1-2H3. The molecule has 6 nitrogen and oxygen atoms in total. The largest absolute Gasteiger partial charge is 0.508 e. The minimum Gasteiger partial charge on any atom is -0.508 e. The summed E-state index contributed by atoms with van der Waals surface area (Å²) < 4.78 is 16.5. The first kappa shape index (κ1) is 18.5. The van der Waals surface area contributed by atoms with Crippen LogP contribution in [0, 0.1) is 0 Å². The lowest BCUT2D eigenvalue weighted by Crippen LogP contribution is -1.99. The van der Waals surface area contributed by atoms with E-state index in [4.69, 9.17) is 14.2 Å². The van der Waals surface area contributed by atoms with Gasteiger partial charge in [-0.3, -0.25) is 0 Å². The van der Waals surface area contributed by atoms with Gasteiger partial charge in [0.1, 0.15) is 23.9 Å². The van der Waals surface area contributed by atoms with Crippen LogP contribution >= 0.6 is 0 Å². The SMILES string of the molecule is CCCOc1cc(O)cc(-c2nccc(OCc3ccc(OC)cc3)n2)c1. The Bertz CT molecular complexity index is 882. The molecule has 140 valence electrons. The summed E-state index contributed by atoms with van der Waals surface area (Å²) in [6.07, 6.45) is 2.51. The summed E-state index contributed by atoms with van der Waals surface area (Å²) in [5.41, 5.74) is 1.67. The summed E-state index contributed by atoms with van der Waals surface area (Å²) in [6, 6.07) is 14.3. The van der Waals surface area contributed by atoms with E-state index in [1.807, 2.05) is 31.2 Å². The fourth-order valence-corrected chi connectivity index (χ4v) is 2.46. The number of hydrogen-bond acceptors (Lipinski definition) is 6. The van der Waals surface area contributed by atoms with Crippen LogP contribution in [0.2, 0.25) is 0 Å². The number of phenolic OH excluding ortho intramolecular Hbond substituents is 1. The molecule has 0 amide bonds. The van der Waals surface area contributed by atoms with Crippen LogP contribution in [0.4, 0.5) is 0 Å². The Morgan fingerprint density at radius 2 is 1.78 bits per heavy atom. The Kier molecular flexibility index (Phi) is 6.10. The predicted molar refractivity (Wildman–Crippen MR) is 102 cm³/mol. The molecule has 1 heterocycles. The summed E-state index contributed by atoms with van der Waals surface area (Å²) in [7, 11) is 1.63. The molecule has 0 atom stereocenters. The second-order valence-corrected chi connectivity index (χ2v) is 5.92. The highest BCUT2D eigenvalue weighted by molar-refractivity contribution is 5.60. The maximum absolute atomic E-state index is 9.94. The summed E-state index contributed by atoms with van der Waals surface area (Å²) in [5.74, 6) is 2.40. The van der Waals surface area contributed by atoms with E-state index in [1.54, 1.807) is 37.6 Å². The van der Waals surface area contributed by atoms with E-state index in [0.717, 1.165) is 17.7 Å². The first-order valence-electron chi connectivity index (χ1n) is 8.74. The zero-order chi connectivity index (χ0) is 19.1. The number of hydrogen-bond donors (Lipinski definition) is 1. The maximum atomic E-state index is 9.94. The van der Waals surface area contributed by atoms with E-state index in [0.29, 0.717) is 36.2 Å². The van der Waals surface area contributed by atoms with Gasteiger partial charge in [0.2, 0.25) is 5.88 Å². The van der Waals surface area contributed by atoms with Gasteiger partial charge in [0.05, 0.1) is 13.7 Å². The molecule has 3 aromatic rings. The van der Waals surface area contributed by atoms with Crippen molar-refractivity contribution in [3.63, 3.8) is 0 Å². The highest BCUT2D eigenvalue weighted by Gasteiger charge is 2.08. The van der Waals surface area contributed by atoms with Crippen molar-refractivity contribution in [2.24, 2.45) is 0 Å².